The van der Waals surface area contributed by atoms with E-state index in [1.54, 1.807) is 0 Å². The van der Waals surface area contributed by atoms with Crippen molar-refractivity contribution < 1.29 is 68.4 Å². The van der Waals surface area contributed by atoms with Crippen LogP contribution in [-0.4, -0.2) is 145 Å². The number of carbonyl (C=O) groups is 10. The van der Waals surface area contributed by atoms with E-state index in [9.17, 15) is 68.4 Å². The number of unbranched alkanes of at least 4 members (excludes halogenated alkanes) is 1. The number of aliphatic carboxylic acids is 1. The van der Waals surface area contributed by atoms with Gasteiger partial charge in [0.2, 0.25) is 29.5 Å². The quantitative estimate of drug-likeness (QED) is 0.0225. The van der Waals surface area contributed by atoms with Crippen LogP contribution in [0.15, 0.2) is 41.8 Å². The van der Waals surface area contributed by atoms with Gasteiger partial charge in [-0.3, -0.25) is 52.9 Å². The number of aromatic hydroxyl groups is 1. The highest BCUT2D eigenvalue weighted by Crippen LogP contribution is 2.23. The van der Waals surface area contributed by atoms with Crippen molar-refractivity contribution in [3.8, 4) is 5.75 Å². The van der Waals surface area contributed by atoms with Gasteiger partial charge in [0.05, 0.1) is 67.4 Å². The van der Waals surface area contributed by atoms with Crippen molar-refractivity contribution in [1.29, 1.82) is 0 Å². The maximum atomic E-state index is 14.7. The number of nitrogens with two attached hydrogens (primary N) is 4. The fourth-order valence-corrected chi connectivity index (χ4v) is 8.35. The minimum atomic E-state index is -1.76. The summed E-state index contributed by atoms with van der Waals surface area (Å²) in [6.45, 7) is 7.42. The number of aliphatic imine (C=N–C) groups is 1. The highest BCUT2D eigenvalue weighted by molar-refractivity contribution is 5.99. The van der Waals surface area contributed by atoms with Gasteiger partial charge in [-0.2, -0.15) is 0 Å². The second-order valence-electron chi connectivity index (χ2n) is 20.1. The lowest BCUT2D eigenvalue weighted by Gasteiger charge is -2.27. The number of aromatic amines is 1. The zero-order valence-corrected chi connectivity index (χ0v) is 44.7. The number of amides is 5. The van der Waals surface area contributed by atoms with Gasteiger partial charge in [-0.25, -0.2) is 4.98 Å². The predicted molar refractivity (Wildman–Crippen MR) is 282 cm³/mol. The van der Waals surface area contributed by atoms with Gasteiger partial charge < -0.3 is 69.6 Å². The molecule has 77 heavy (non-hydrogen) atoms. The number of nitrogens with one attached hydrogen (secondary N) is 5. The molecule has 428 valence electrons. The van der Waals surface area contributed by atoms with Crippen LogP contribution in [-0.2, 0) is 60.8 Å². The lowest BCUT2D eigenvalue weighted by Crippen LogP contribution is -2.50. The molecule has 0 spiro atoms. The fourth-order valence-electron chi connectivity index (χ4n) is 8.35. The van der Waals surface area contributed by atoms with E-state index in [1.165, 1.54) is 57.6 Å². The molecule has 0 bridgehead atoms. The van der Waals surface area contributed by atoms with Gasteiger partial charge in [0.1, 0.15) is 5.75 Å². The highest BCUT2D eigenvalue weighted by atomic mass is 16.4. The Bertz CT molecular complexity index is 2300. The minimum absolute atomic E-state index is 0.00549. The molecule has 0 saturated carbocycles. The summed E-state index contributed by atoms with van der Waals surface area (Å²) in [4.78, 5) is 146. The number of ketones is 4. The number of phenols is 1. The number of aliphatic hydroxyl groups excluding tert-OH is 2. The number of carboxylic acid groups (broad SMARTS) is 1. The Balaban J connectivity index is 2.52. The smallest absolute Gasteiger partial charge is 0.305 e. The topological polar surface area (TPSA) is 445 Å². The van der Waals surface area contributed by atoms with Gasteiger partial charge >= 0.3 is 5.97 Å². The summed E-state index contributed by atoms with van der Waals surface area (Å²) >= 11 is 0. The van der Waals surface area contributed by atoms with Crippen molar-refractivity contribution in [3.05, 3.63) is 48.0 Å². The average Bonchev–Trinajstić information content (AvgIpc) is 3.88. The summed E-state index contributed by atoms with van der Waals surface area (Å²) in [5.74, 6) is -14.2. The summed E-state index contributed by atoms with van der Waals surface area (Å²) in [6, 6.07) is 0.369. The Morgan fingerprint density at radius 2 is 1.22 bits per heavy atom. The lowest BCUT2D eigenvalue weighted by molar-refractivity contribution is -0.142. The normalized spacial score (nSPS) is 15.2. The first-order chi connectivity index (χ1) is 36.3. The number of primary amides is 1. The Morgan fingerprint density at radius 3 is 1.74 bits per heavy atom. The van der Waals surface area contributed by atoms with Gasteiger partial charge in [0.15, 0.2) is 29.1 Å². The fraction of sp³-hybridized carbons (Fsp3) is 0.615. The molecular weight excluding hydrogens is 1000 g/mol. The molecule has 25 nitrogen and oxygen atoms in total. The maximum Gasteiger partial charge on any atom is 0.305 e. The number of guanidine groups is 1. The highest BCUT2D eigenvalue weighted by Gasteiger charge is 2.37. The number of H-pyrrole nitrogens is 1. The number of aliphatic hydroxyl groups is 2. The van der Waals surface area contributed by atoms with Crippen LogP contribution in [0, 0.1) is 35.5 Å². The van der Waals surface area contributed by atoms with E-state index in [-0.39, 0.29) is 75.7 Å². The van der Waals surface area contributed by atoms with Crippen molar-refractivity contribution >= 4 is 64.6 Å². The van der Waals surface area contributed by atoms with E-state index in [4.69, 9.17) is 22.9 Å². The Labute approximate surface area is 448 Å². The van der Waals surface area contributed by atoms with E-state index in [2.05, 4.69) is 36.2 Å². The summed E-state index contributed by atoms with van der Waals surface area (Å²) < 4.78 is 0. The van der Waals surface area contributed by atoms with Crippen LogP contribution in [0.5, 0.6) is 5.75 Å². The molecule has 5 amide bonds. The van der Waals surface area contributed by atoms with Gasteiger partial charge in [-0.1, -0.05) is 39.3 Å². The summed E-state index contributed by atoms with van der Waals surface area (Å²) in [7, 11) is 0. The molecular formula is C52H81N11O14. The monoisotopic (exact) mass is 1080 g/mol. The molecule has 0 fully saturated rings. The Kier molecular flexibility index (Phi) is 29.0. The maximum absolute atomic E-state index is 14.7. The zero-order chi connectivity index (χ0) is 57.9. The standard InChI is InChI=1S/C52H81N11O14/c1-28(2)17-39(45(70)22-35(47(54)73)19-36-25-57-27-59-36)61-50(76)34(10-8-16-58-52(55)56)21-43(68)40(18-32-11-13-37(66)14-12-32)62-49(75)33(9-6-7-15-53)20-44(69)41(24-46(71)72)63-51(77)38(31(5)65)23-42(67)30(4)60-48(74)29(3)26-64/h11-14,25,27-31,33-35,38-41,64-66H,6-10,15-24,26,53H2,1-5H3,(H2,54,73)(H,57,59)(H,60,74)(H,61,76)(H,62,75)(H,63,77)(H,71,72)(H4,55,56,58)/t29-,30-,31+,33+,34+,35+,38-,39-,40-,41-/m0/s1. The number of nitrogens with zero attached hydrogens (tertiary/aromatic N) is 2. The Hall–Kier alpha value is -7.12. The molecule has 0 aliphatic rings. The van der Waals surface area contributed by atoms with Crippen LogP contribution < -0.4 is 44.2 Å². The number of Topliss-reactive ketones (excluding diaryl/α,β-unsaturated/α-hetero) is 4. The van der Waals surface area contributed by atoms with Crippen molar-refractivity contribution in [1.82, 2.24) is 31.2 Å². The molecule has 10 atom stereocenters. The largest absolute Gasteiger partial charge is 0.508 e. The van der Waals surface area contributed by atoms with Crippen LogP contribution in [0.4, 0.5) is 0 Å². The van der Waals surface area contributed by atoms with Crippen LogP contribution in [0.1, 0.15) is 117 Å². The third-order valence-corrected chi connectivity index (χ3v) is 13.0. The van der Waals surface area contributed by atoms with Crippen LogP contribution >= 0.6 is 0 Å². The molecule has 1 heterocycles. The summed E-state index contributed by atoms with van der Waals surface area (Å²) in [5, 5.41) is 50.0. The molecule has 25 heteroatoms. The van der Waals surface area contributed by atoms with E-state index >= 15 is 0 Å². The molecule has 0 aliphatic carbocycles. The van der Waals surface area contributed by atoms with Crippen molar-refractivity contribution in [2.45, 2.75) is 148 Å². The van der Waals surface area contributed by atoms with Gasteiger partial charge in [0, 0.05) is 62.4 Å². The number of carbonyl (C=O) groups excluding carboxylic acids is 9. The second-order valence-corrected chi connectivity index (χ2v) is 20.1. The number of rotatable bonds is 39. The first kappa shape index (κ1) is 66.0. The second kappa shape index (κ2) is 33.8. The van der Waals surface area contributed by atoms with E-state index in [1.807, 2.05) is 13.8 Å². The lowest BCUT2D eigenvalue weighted by atomic mass is 9.88. The number of imidazole rings is 1. The zero-order valence-electron chi connectivity index (χ0n) is 44.7. The predicted octanol–water partition coefficient (Wildman–Crippen LogP) is -0.641. The van der Waals surface area contributed by atoms with Crippen LogP contribution in [0.2, 0.25) is 0 Å². The molecule has 0 radical (unpaired) electrons. The number of aromatic nitrogens is 2. The van der Waals surface area contributed by atoms with Crippen LogP contribution in [0.25, 0.3) is 0 Å². The SMILES string of the molecule is CC(C)C[C@H](NC(=O)[C@H](CCCN=C(N)N)CC(=O)[C@H](Cc1ccc(O)cc1)NC(=O)[C@H](CCCCN)CC(=O)[C@H](CC(=O)O)NC(=O)[C@@H](CC(=O)[C@H](C)NC(=O)[C@@H](C)CO)[C@@H](C)O)C(=O)C[C@@H](Cc1cnc[nH]1)C(N)=O. The third kappa shape index (κ3) is 24.6. The van der Waals surface area contributed by atoms with Gasteiger partial charge in [-0.05, 0) is 82.5 Å². The molecule has 17 N–H and O–H groups in total. The van der Waals surface area contributed by atoms with E-state index in [0.717, 1.165) is 0 Å². The minimum Gasteiger partial charge on any atom is -0.508 e. The molecule has 0 saturated heterocycles. The van der Waals surface area contributed by atoms with Crippen molar-refractivity contribution in [2.75, 3.05) is 19.7 Å². The van der Waals surface area contributed by atoms with Crippen molar-refractivity contribution in [2.24, 2.45) is 63.4 Å². The number of benzene rings is 1. The average molecular weight is 1080 g/mol. The van der Waals surface area contributed by atoms with Crippen molar-refractivity contribution in [3.63, 3.8) is 0 Å². The van der Waals surface area contributed by atoms with Crippen LogP contribution in [0.3, 0.4) is 0 Å². The van der Waals surface area contributed by atoms with E-state index in [0.29, 0.717) is 24.1 Å². The first-order valence-corrected chi connectivity index (χ1v) is 25.9. The van der Waals surface area contributed by atoms with E-state index < -0.39 is 151 Å². The summed E-state index contributed by atoms with van der Waals surface area (Å²) in [6.07, 6.45) is -0.615. The molecule has 0 unspecified atom stereocenters. The van der Waals surface area contributed by atoms with Gasteiger partial charge in [-0.15, -0.1) is 0 Å². The molecule has 1 aromatic carbocycles. The number of hydrogen-bond donors (Lipinski definition) is 13. The third-order valence-electron chi connectivity index (χ3n) is 13.0. The number of carboxylic acids is 1. The Morgan fingerprint density at radius 1 is 0.662 bits per heavy atom. The van der Waals surface area contributed by atoms with Gasteiger partial charge in [0.25, 0.3) is 0 Å². The number of phenolic OH excluding ortho intramolecular Hbond substituents is 1. The molecule has 1 aromatic heterocycles. The number of hydrogen-bond acceptors (Lipinski definition) is 16. The summed E-state index contributed by atoms with van der Waals surface area (Å²) in [5.41, 5.74) is 23.6. The molecule has 2 rings (SSSR count). The molecule has 2 aromatic rings. The molecule has 0 aliphatic heterocycles. The first-order valence-electron chi connectivity index (χ1n) is 25.9.